The molecule has 3 rings (SSSR count). The molecule has 6 heteroatoms. The minimum absolute atomic E-state index is 0.274. The molecule has 1 atom stereocenters. The Morgan fingerprint density at radius 2 is 2.10 bits per heavy atom. The van der Waals surface area contributed by atoms with Crippen LogP contribution in [0.4, 0.5) is 15.8 Å². The number of hydrogen-bond donors (Lipinski definition) is 3. The lowest BCUT2D eigenvalue weighted by Gasteiger charge is -2.17. The molecule has 0 radical (unpaired) electrons. The first-order valence-corrected chi connectivity index (χ1v) is 6.48. The lowest BCUT2D eigenvalue weighted by atomic mass is 10.1. The lowest BCUT2D eigenvalue weighted by molar-refractivity contribution is 0.555. The van der Waals surface area contributed by atoms with Gasteiger partial charge < -0.3 is 15.5 Å². The number of aromatic nitrogens is 1. The van der Waals surface area contributed by atoms with Crippen molar-refractivity contribution in [1.29, 1.82) is 0 Å². The van der Waals surface area contributed by atoms with Crippen LogP contribution in [-0.2, 0) is 0 Å². The molecule has 0 spiro atoms. The number of halogens is 1. The Labute approximate surface area is 119 Å². The van der Waals surface area contributed by atoms with Crippen LogP contribution in [-0.4, -0.2) is 4.98 Å². The van der Waals surface area contributed by atoms with Gasteiger partial charge in [0.05, 0.1) is 22.9 Å². The topological polar surface area (TPSA) is 84.0 Å². The number of fused-ring (bicyclic) bond motifs is 1. The molecule has 0 saturated heterocycles. The zero-order chi connectivity index (χ0) is 15.0. The van der Waals surface area contributed by atoms with Gasteiger partial charge in [-0.3, -0.25) is 4.98 Å². The van der Waals surface area contributed by atoms with Crippen molar-refractivity contribution < 1.29 is 8.81 Å². The Kier molecular flexibility index (Phi) is 3.13. The van der Waals surface area contributed by atoms with E-state index in [-0.39, 0.29) is 11.9 Å². The van der Waals surface area contributed by atoms with Gasteiger partial charge in [-0.1, -0.05) is 18.2 Å². The number of aromatic amines is 1. The Balaban J connectivity index is 1.96. The predicted octanol–water partition coefficient (Wildman–Crippen LogP) is 3.02. The van der Waals surface area contributed by atoms with Gasteiger partial charge in [0.1, 0.15) is 5.82 Å². The molecule has 0 bridgehead atoms. The van der Waals surface area contributed by atoms with Crippen LogP contribution in [0.2, 0.25) is 0 Å². The molecule has 3 aromatic rings. The second-order valence-corrected chi connectivity index (χ2v) is 4.84. The first-order valence-electron chi connectivity index (χ1n) is 6.48. The van der Waals surface area contributed by atoms with Crippen molar-refractivity contribution >= 4 is 22.5 Å². The van der Waals surface area contributed by atoms with Crippen LogP contribution in [0.5, 0.6) is 0 Å². The molecule has 5 nitrogen and oxygen atoms in total. The third kappa shape index (κ3) is 2.47. The fourth-order valence-electron chi connectivity index (χ4n) is 2.28. The lowest BCUT2D eigenvalue weighted by Crippen LogP contribution is -2.10. The molecule has 0 aliphatic heterocycles. The van der Waals surface area contributed by atoms with Gasteiger partial charge in [-0.2, -0.15) is 0 Å². The monoisotopic (exact) mass is 287 g/mol. The van der Waals surface area contributed by atoms with Crippen LogP contribution >= 0.6 is 0 Å². The molecule has 0 amide bonds. The molecule has 108 valence electrons. The van der Waals surface area contributed by atoms with Crippen LogP contribution in [0.15, 0.2) is 45.6 Å². The maximum Gasteiger partial charge on any atom is 0.417 e. The van der Waals surface area contributed by atoms with Gasteiger partial charge in [0, 0.05) is 11.6 Å². The van der Waals surface area contributed by atoms with Gasteiger partial charge in [-0.15, -0.1) is 0 Å². The van der Waals surface area contributed by atoms with Crippen molar-refractivity contribution in [1.82, 2.24) is 4.98 Å². The van der Waals surface area contributed by atoms with Gasteiger partial charge in [-0.25, -0.2) is 9.18 Å². The van der Waals surface area contributed by atoms with E-state index in [1.807, 2.05) is 6.92 Å². The molecule has 1 unspecified atom stereocenters. The minimum Gasteiger partial charge on any atom is -0.408 e. The second-order valence-electron chi connectivity index (χ2n) is 4.84. The third-order valence-electron chi connectivity index (χ3n) is 3.33. The molecular weight excluding hydrogens is 273 g/mol. The van der Waals surface area contributed by atoms with Gasteiger partial charge in [0.25, 0.3) is 0 Å². The quantitative estimate of drug-likeness (QED) is 0.646. The van der Waals surface area contributed by atoms with Crippen LogP contribution < -0.4 is 16.8 Å². The highest BCUT2D eigenvalue weighted by atomic mass is 19.1. The number of anilines is 2. The molecule has 0 saturated carbocycles. The fourth-order valence-corrected chi connectivity index (χ4v) is 2.28. The van der Waals surface area contributed by atoms with Crippen molar-refractivity contribution in [2.75, 3.05) is 11.1 Å². The van der Waals surface area contributed by atoms with Gasteiger partial charge in [0.2, 0.25) is 0 Å². The number of nitrogen functional groups attached to an aromatic ring is 1. The zero-order valence-corrected chi connectivity index (χ0v) is 11.3. The number of benzene rings is 2. The van der Waals surface area contributed by atoms with Crippen LogP contribution in [0.25, 0.3) is 11.1 Å². The first kappa shape index (κ1) is 13.2. The molecule has 0 aliphatic rings. The Hall–Kier alpha value is -2.76. The summed E-state index contributed by atoms with van der Waals surface area (Å²) in [6, 6.07) is 9.49. The smallest absolute Gasteiger partial charge is 0.408 e. The van der Waals surface area contributed by atoms with Crippen molar-refractivity contribution in [3.63, 3.8) is 0 Å². The fraction of sp³-hybridized carbons (Fsp3) is 0.133. The molecule has 1 aromatic heterocycles. The van der Waals surface area contributed by atoms with Crippen molar-refractivity contribution in [2.45, 2.75) is 13.0 Å². The van der Waals surface area contributed by atoms with E-state index in [4.69, 9.17) is 10.2 Å². The highest BCUT2D eigenvalue weighted by Gasteiger charge is 2.13. The van der Waals surface area contributed by atoms with E-state index in [1.54, 1.807) is 30.3 Å². The summed E-state index contributed by atoms with van der Waals surface area (Å²) in [7, 11) is 0. The molecule has 0 aliphatic carbocycles. The summed E-state index contributed by atoms with van der Waals surface area (Å²) in [5.41, 5.74) is 8.43. The Bertz CT molecular complexity index is 853. The Morgan fingerprint density at radius 1 is 1.33 bits per heavy atom. The molecule has 2 aromatic carbocycles. The van der Waals surface area contributed by atoms with Crippen molar-refractivity contribution in [2.24, 2.45) is 0 Å². The number of hydrogen-bond acceptors (Lipinski definition) is 4. The van der Waals surface area contributed by atoms with Crippen LogP contribution in [0, 0.1) is 5.82 Å². The Morgan fingerprint density at radius 3 is 2.86 bits per heavy atom. The average Bonchev–Trinajstić information content (AvgIpc) is 2.78. The molecule has 21 heavy (non-hydrogen) atoms. The van der Waals surface area contributed by atoms with E-state index in [0.29, 0.717) is 28.0 Å². The number of nitrogens with two attached hydrogens (primary N) is 1. The maximum absolute atomic E-state index is 13.8. The highest BCUT2D eigenvalue weighted by Crippen LogP contribution is 2.28. The molecule has 1 heterocycles. The van der Waals surface area contributed by atoms with Gasteiger partial charge >= 0.3 is 5.76 Å². The van der Waals surface area contributed by atoms with E-state index in [1.165, 1.54) is 6.07 Å². The van der Waals surface area contributed by atoms with Crippen LogP contribution in [0.1, 0.15) is 18.5 Å². The summed E-state index contributed by atoms with van der Waals surface area (Å²) in [6.45, 7) is 1.83. The third-order valence-corrected chi connectivity index (χ3v) is 3.33. The molecular formula is C15H14FN3O2. The van der Waals surface area contributed by atoms with Crippen LogP contribution in [0.3, 0.4) is 0 Å². The van der Waals surface area contributed by atoms with Gasteiger partial charge in [-0.05, 0) is 19.1 Å². The number of oxazole rings is 1. The molecule has 4 N–H and O–H groups in total. The first-order chi connectivity index (χ1) is 10.0. The second kappa shape index (κ2) is 4.97. The summed E-state index contributed by atoms with van der Waals surface area (Å²) in [5, 5.41) is 3.14. The van der Waals surface area contributed by atoms with Gasteiger partial charge in [0.15, 0.2) is 5.58 Å². The van der Waals surface area contributed by atoms with E-state index in [9.17, 15) is 9.18 Å². The van der Waals surface area contributed by atoms with E-state index in [2.05, 4.69) is 10.3 Å². The molecule has 0 fully saturated rings. The maximum atomic E-state index is 13.8. The normalized spacial score (nSPS) is 12.5. The average molecular weight is 287 g/mol. The zero-order valence-electron chi connectivity index (χ0n) is 11.3. The van der Waals surface area contributed by atoms with E-state index < -0.39 is 5.76 Å². The number of nitrogens with one attached hydrogen (secondary N) is 2. The largest absolute Gasteiger partial charge is 0.417 e. The standard InChI is InChI=1S/C15H14FN3O2/c1-8(9-4-2-3-5-10(9)16)18-12-7-13-14(6-11(12)17)21-15(20)19-13/h2-8,18H,17H2,1H3,(H,19,20). The summed E-state index contributed by atoms with van der Waals surface area (Å²) in [4.78, 5) is 13.7. The van der Waals surface area contributed by atoms with E-state index in [0.717, 1.165) is 0 Å². The number of rotatable bonds is 3. The summed E-state index contributed by atoms with van der Waals surface area (Å²) in [6.07, 6.45) is 0. The minimum atomic E-state index is -0.538. The van der Waals surface area contributed by atoms with E-state index >= 15 is 0 Å². The number of H-pyrrole nitrogens is 1. The summed E-state index contributed by atoms with van der Waals surface area (Å²) >= 11 is 0. The van der Waals surface area contributed by atoms with Crippen molar-refractivity contribution in [3.05, 3.63) is 58.3 Å². The predicted molar refractivity (Wildman–Crippen MR) is 79.7 cm³/mol. The summed E-state index contributed by atoms with van der Waals surface area (Å²) in [5.74, 6) is -0.822. The summed E-state index contributed by atoms with van der Waals surface area (Å²) < 4.78 is 18.7. The highest BCUT2D eigenvalue weighted by molar-refractivity contribution is 5.85. The SMILES string of the molecule is CC(Nc1cc2[nH]c(=O)oc2cc1N)c1ccccc1F. The van der Waals surface area contributed by atoms with Crippen molar-refractivity contribution in [3.8, 4) is 0 Å².